The van der Waals surface area contributed by atoms with Crippen molar-refractivity contribution in [1.29, 1.82) is 0 Å². The fraction of sp³-hybridized carbons (Fsp3) is 0.316. The van der Waals surface area contributed by atoms with Crippen molar-refractivity contribution in [3.8, 4) is 5.75 Å². The number of methoxy groups -OCH3 is 1. The van der Waals surface area contributed by atoms with Crippen LogP contribution in [-0.2, 0) is 11.3 Å². The molecule has 1 aliphatic heterocycles. The van der Waals surface area contributed by atoms with Crippen LogP contribution in [0, 0.1) is 16.0 Å². The van der Waals surface area contributed by atoms with Crippen molar-refractivity contribution in [3.05, 3.63) is 57.4 Å². The molecule has 2 aromatic rings. The molecule has 2 heterocycles. The van der Waals surface area contributed by atoms with Gasteiger partial charge in [-0.15, -0.1) is 0 Å². The molecule has 29 heavy (non-hydrogen) atoms. The highest BCUT2D eigenvalue weighted by atomic mass is 32.1. The average Bonchev–Trinajstić information content (AvgIpc) is 3.22. The fourth-order valence-corrected chi connectivity index (χ4v) is 3.26. The van der Waals surface area contributed by atoms with Gasteiger partial charge in [-0.1, -0.05) is 19.9 Å². The predicted molar refractivity (Wildman–Crippen MR) is 111 cm³/mol. The van der Waals surface area contributed by atoms with E-state index in [-0.39, 0.29) is 18.3 Å². The first-order chi connectivity index (χ1) is 13.8. The van der Waals surface area contributed by atoms with Crippen LogP contribution < -0.4 is 10.1 Å². The molecule has 0 saturated carbocycles. The molecule has 0 bridgehead atoms. The Balaban J connectivity index is 1.86. The van der Waals surface area contributed by atoms with Crippen molar-refractivity contribution in [2.24, 2.45) is 5.92 Å². The van der Waals surface area contributed by atoms with Gasteiger partial charge in [-0.25, -0.2) is 0 Å². The zero-order valence-corrected chi connectivity index (χ0v) is 17.1. The van der Waals surface area contributed by atoms with Crippen molar-refractivity contribution in [2.45, 2.75) is 20.4 Å². The number of amides is 1. The Morgan fingerprint density at radius 3 is 2.76 bits per heavy atom. The van der Waals surface area contributed by atoms with E-state index < -0.39 is 4.92 Å². The van der Waals surface area contributed by atoms with E-state index in [1.807, 2.05) is 26.0 Å². The lowest BCUT2D eigenvalue weighted by molar-refractivity contribution is -0.389. The van der Waals surface area contributed by atoms with Gasteiger partial charge in [0.25, 0.3) is 5.91 Å². The Morgan fingerprint density at radius 2 is 2.14 bits per heavy atom. The van der Waals surface area contributed by atoms with Crippen LogP contribution in [0.15, 0.2) is 36.2 Å². The maximum absolute atomic E-state index is 12.6. The van der Waals surface area contributed by atoms with Gasteiger partial charge in [-0.2, -0.15) is 4.68 Å². The van der Waals surface area contributed by atoms with Gasteiger partial charge < -0.3 is 20.2 Å². The van der Waals surface area contributed by atoms with E-state index in [0.29, 0.717) is 29.0 Å². The van der Waals surface area contributed by atoms with E-state index >= 15 is 0 Å². The number of nitrogens with zero attached hydrogens (tertiary/aromatic N) is 4. The topological polar surface area (TPSA) is 103 Å². The molecule has 152 valence electrons. The molecule has 0 atom stereocenters. The van der Waals surface area contributed by atoms with Crippen molar-refractivity contribution >= 4 is 35.1 Å². The number of thiocarbonyl (C=S) groups is 1. The number of nitro groups is 1. The second-order valence-corrected chi connectivity index (χ2v) is 7.38. The van der Waals surface area contributed by atoms with Crippen LogP contribution >= 0.6 is 12.2 Å². The molecule has 0 unspecified atom stereocenters. The third kappa shape index (κ3) is 4.60. The summed E-state index contributed by atoms with van der Waals surface area (Å²) < 4.78 is 6.85. The summed E-state index contributed by atoms with van der Waals surface area (Å²) in [7, 11) is 1.55. The highest BCUT2D eigenvalue weighted by Crippen LogP contribution is 2.24. The zero-order chi connectivity index (χ0) is 21.1. The molecule has 1 saturated heterocycles. The number of carbonyl (C=O) groups is 1. The van der Waals surface area contributed by atoms with Gasteiger partial charge in [0.1, 0.15) is 11.4 Å². The van der Waals surface area contributed by atoms with Crippen LogP contribution in [0.25, 0.3) is 6.08 Å². The van der Waals surface area contributed by atoms with Crippen LogP contribution in [0.3, 0.4) is 0 Å². The standard InChI is InChI=1S/C19H21N5O4S/c1-12(2)10-23-18(25)15(20-19(23)29)9-13-4-5-16(28-3)14(8-13)11-22-7-6-17(21-22)24(26)27/h4-9,12H,10-11H2,1-3H3,(H,20,29)/b15-9+. The third-order valence-corrected chi connectivity index (χ3v) is 4.59. The van der Waals surface area contributed by atoms with Gasteiger partial charge in [0.15, 0.2) is 5.11 Å². The van der Waals surface area contributed by atoms with Crippen LogP contribution in [0.5, 0.6) is 5.75 Å². The maximum Gasteiger partial charge on any atom is 0.389 e. The summed E-state index contributed by atoms with van der Waals surface area (Å²) in [6.07, 6.45) is 3.26. The molecule has 1 amide bonds. The maximum atomic E-state index is 12.6. The Hall–Kier alpha value is -3.27. The zero-order valence-electron chi connectivity index (χ0n) is 16.3. The van der Waals surface area contributed by atoms with E-state index in [2.05, 4.69) is 10.4 Å². The summed E-state index contributed by atoms with van der Waals surface area (Å²) in [5.74, 6) is 0.530. The number of rotatable bonds is 7. The molecular formula is C19H21N5O4S. The number of carbonyl (C=O) groups excluding carboxylic acids is 1. The van der Waals surface area contributed by atoms with Crippen LogP contribution in [0.2, 0.25) is 0 Å². The smallest absolute Gasteiger partial charge is 0.389 e. The molecule has 1 aromatic heterocycles. The SMILES string of the molecule is COc1ccc(/C=C2/NC(=S)N(CC(C)C)C2=O)cc1Cn1ccc([N+](=O)[O-])n1. The second-order valence-electron chi connectivity index (χ2n) is 7.00. The summed E-state index contributed by atoms with van der Waals surface area (Å²) in [5, 5.41) is 18.1. The number of aromatic nitrogens is 2. The molecule has 1 aliphatic rings. The highest BCUT2D eigenvalue weighted by Gasteiger charge is 2.30. The van der Waals surface area contributed by atoms with E-state index in [9.17, 15) is 14.9 Å². The lowest BCUT2D eigenvalue weighted by Crippen LogP contribution is -2.33. The monoisotopic (exact) mass is 415 g/mol. The minimum absolute atomic E-state index is 0.163. The summed E-state index contributed by atoms with van der Waals surface area (Å²) >= 11 is 5.27. The summed E-state index contributed by atoms with van der Waals surface area (Å²) in [6, 6.07) is 6.79. The lowest BCUT2D eigenvalue weighted by atomic mass is 10.1. The van der Waals surface area contributed by atoms with Gasteiger partial charge in [-0.05, 0) is 46.8 Å². The summed E-state index contributed by atoms with van der Waals surface area (Å²) in [6.45, 7) is 4.88. The molecule has 3 rings (SSSR count). The lowest BCUT2D eigenvalue weighted by Gasteiger charge is -2.16. The fourth-order valence-electron chi connectivity index (χ4n) is 2.99. The minimum Gasteiger partial charge on any atom is -0.496 e. The van der Waals surface area contributed by atoms with Crippen molar-refractivity contribution in [3.63, 3.8) is 0 Å². The number of benzene rings is 1. The Morgan fingerprint density at radius 1 is 1.38 bits per heavy atom. The van der Waals surface area contributed by atoms with Gasteiger partial charge in [0.05, 0.1) is 31.0 Å². The van der Waals surface area contributed by atoms with Crippen molar-refractivity contribution in [1.82, 2.24) is 20.0 Å². The second kappa shape index (κ2) is 8.39. The molecule has 0 aliphatic carbocycles. The van der Waals surface area contributed by atoms with Crippen molar-refractivity contribution in [2.75, 3.05) is 13.7 Å². The molecule has 9 nitrogen and oxygen atoms in total. The summed E-state index contributed by atoms with van der Waals surface area (Å²) in [5.41, 5.74) is 1.95. The van der Waals surface area contributed by atoms with Crippen LogP contribution in [0.4, 0.5) is 5.82 Å². The quantitative estimate of drug-likeness (QED) is 0.321. The Labute approximate surface area is 173 Å². The first-order valence-electron chi connectivity index (χ1n) is 8.97. The number of hydrogen-bond donors (Lipinski definition) is 1. The van der Waals surface area contributed by atoms with Gasteiger partial charge in [0, 0.05) is 12.1 Å². The number of nitrogens with one attached hydrogen (secondary N) is 1. The van der Waals surface area contributed by atoms with Crippen LogP contribution in [0.1, 0.15) is 25.0 Å². The molecule has 1 fully saturated rings. The van der Waals surface area contributed by atoms with Crippen LogP contribution in [-0.4, -0.2) is 44.3 Å². The average molecular weight is 415 g/mol. The normalized spacial score (nSPS) is 15.3. The molecule has 1 N–H and O–H groups in total. The Kier molecular flexibility index (Phi) is 5.92. The summed E-state index contributed by atoms with van der Waals surface area (Å²) in [4.78, 5) is 24.5. The van der Waals surface area contributed by atoms with Gasteiger partial charge in [0.2, 0.25) is 0 Å². The van der Waals surface area contributed by atoms with E-state index in [0.717, 1.165) is 11.1 Å². The van der Waals surface area contributed by atoms with Gasteiger partial charge >= 0.3 is 5.82 Å². The molecule has 0 spiro atoms. The largest absolute Gasteiger partial charge is 0.496 e. The molecule has 1 aromatic carbocycles. The third-order valence-electron chi connectivity index (χ3n) is 4.27. The molecule has 0 radical (unpaired) electrons. The number of hydrogen-bond acceptors (Lipinski definition) is 6. The van der Waals surface area contributed by atoms with E-state index in [1.54, 1.807) is 24.2 Å². The first-order valence-corrected chi connectivity index (χ1v) is 9.38. The first kappa shape index (κ1) is 20.5. The molecule has 10 heteroatoms. The molecular weight excluding hydrogens is 394 g/mol. The van der Waals surface area contributed by atoms with Gasteiger partial charge in [-0.3, -0.25) is 9.69 Å². The highest BCUT2D eigenvalue weighted by molar-refractivity contribution is 7.80. The predicted octanol–water partition coefficient (Wildman–Crippen LogP) is 2.56. The minimum atomic E-state index is -0.544. The van der Waals surface area contributed by atoms with E-state index in [1.165, 1.54) is 16.9 Å². The Bertz CT molecular complexity index is 998. The van der Waals surface area contributed by atoms with Crippen molar-refractivity contribution < 1.29 is 14.5 Å². The van der Waals surface area contributed by atoms with E-state index in [4.69, 9.17) is 17.0 Å². The number of ether oxygens (including phenoxy) is 1.